The number of benzene rings is 1. The minimum Gasteiger partial charge on any atom is -0.493 e. The number of hydrogen-bond acceptors (Lipinski definition) is 5. The van der Waals surface area contributed by atoms with Crippen LogP contribution in [0.4, 0.5) is 0 Å². The summed E-state index contributed by atoms with van der Waals surface area (Å²) < 4.78 is 16.1. The fourth-order valence-corrected chi connectivity index (χ4v) is 3.08. The molecule has 1 aromatic carbocycles. The minimum absolute atomic E-state index is 0.0531. The molecular weight excluding hydrogens is 296 g/mol. The van der Waals surface area contributed by atoms with Crippen LogP contribution in [0.3, 0.4) is 0 Å². The maximum atomic E-state index is 12.1. The zero-order valence-corrected chi connectivity index (χ0v) is 14.1. The fourth-order valence-electron chi connectivity index (χ4n) is 3.08. The Morgan fingerprint density at radius 3 is 2.48 bits per heavy atom. The zero-order chi connectivity index (χ0) is 16.8. The van der Waals surface area contributed by atoms with E-state index in [2.05, 4.69) is 5.32 Å². The monoisotopic (exact) mass is 322 g/mol. The number of methoxy groups -OCH3 is 3. The number of amides is 1. The van der Waals surface area contributed by atoms with Gasteiger partial charge in [-0.25, -0.2) is 0 Å². The number of hydrogen-bond donors (Lipinski definition) is 2. The molecule has 3 N–H and O–H groups in total. The van der Waals surface area contributed by atoms with E-state index in [1.54, 1.807) is 21.3 Å². The highest BCUT2D eigenvalue weighted by Gasteiger charge is 2.27. The van der Waals surface area contributed by atoms with Crippen molar-refractivity contribution in [3.8, 4) is 17.2 Å². The third kappa shape index (κ3) is 4.07. The van der Waals surface area contributed by atoms with Crippen molar-refractivity contribution in [2.45, 2.75) is 31.7 Å². The molecule has 1 saturated carbocycles. The number of carbonyl (C=O) groups is 1. The van der Waals surface area contributed by atoms with Crippen molar-refractivity contribution in [3.05, 3.63) is 17.7 Å². The second-order valence-corrected chi connectivity index (χ2v) is 5.80. The predicted octanol–water partition coefficient (Wildman–Crippen LogP) is 1.50. The minimum atomic E-state index is 0.0531. The summed E-state index contributed by atoms with van der Waals surface area (Å²) in [4.78, 5) is 12.1. The molecule has 1 aliphatic carbocycles. The molecule has 1 aromatic rings. The largest absolute Gasteiger partial charge is 0.493 e. The lowest BCUT2D eigenvalue weighted by molar-refractivity contribution is -0.124. The molecule has 2 unspecified atom stereocenters. The van der Waals surface area contributed by atoms with Crippen molar-refractivity contribution >= 4 is 5.91 Å². The Morgan fingerprint density at radius 2 is 1.91 bits per heavy atom. The van der Waals surface area contributed by atoms with Crippen LogP contribution in [-0.4, -0.2) is 39.8 Å². The summed E-state index contributed by atoms with van der Waals surface area (Å²) in [6.07, 6.45) is 3.26. The molecule has 1 aliphatic rings. The van der Waals surface area contributed by atoms with Gasteiger partial charge >= 0.3 is 0 Å². The number of nitrogens with one attached hydrogen (secondary N) is 1. The van der Waals surface area contributed by atoms with E-state index >= 15 is 0 Å². The van der Waals surface area contributed by atoms with Crippen LogP contribution >= 0.6 is 0 Å². The predicted molar refractivity (Wildman–Crippen MR) is 88.1 cm³/mol. The Bertz CT molecular complexity index is 548. The van der Waals surface area contributed by atoms with Gasteiger partial charge in [0.05, 0.1) is 21.3 Å². The van der Waals surface area contributed by atoms with Gasteiger partial charge in [0.2, 0.25) is 11.7 Å². The molecule has 0 aliphatic heterocycles. The zero-order valence-electron chi connectivity index (χ0n) is 14.1. The molecule has 1 fully saturated rings. The van der Waals surface area contributed by atoms with Gasteiger partial charge in [-0.1, -0.05) is 6.07 Å². The molecule has 2 rings (SSSR count). The highest BCUT2D eigenvalue weighted by Crippen LogP contribution is 2.39. The summed E-state index contributed by atoms with van der Waals surface area (Å²) in [7, 11) is 4.76. The van der Waals surface area contributed by atoms with Crippen molar-refractivity contribution < 1.29 is 19.0 Å². The van der Waals surface area contributed by atoms with Crippen LogP contribution in [0, 0.1) is 5.92 Å². The van der Waals surface area contributed by atoms with Crippen LogP contribution in [-0.2, 0) is 11.2 Å². The van der Waals surface area contributed by atoms with Gasteiger partial charge in [0.1, 0.15) is 0 Å². The molecule has 0 saturated heterocycles. The number of carbonyl (C=O) groups excluding carboxylic acids is 1. The van der Waals surface area contributed by atoms with Crippen LogP contribution in [0.2, 0.25) is 0 Å². The van der Waals surface area contributed by atoms with Crippen LogP contribution in [0.15, 0.2) is 12.1 Å². The maximum Gasteiger partial charge on any atom is 0.223 e. The summed E-state index contributed by atoms with van der Waals surface area (Å²) in [5, 5.41) is 2.99. The first-order valence-electron chi connectivity index (χ1n) is 7.91. The lowest BCUT2D eigenvalue weighted by Gasteiger charge is -2.16. The van der Waals surface area contributed by atoms with Crippen LogP contribution < -0.4 is 25.3 Å². The normalized spacial score (nSPS) is 20.2. The van der Waals surface area contributed by atoms with Crippen LogP contribution in [0.5, 0.6) is 17.2 Å². The Morgan fingerprint density at radius 1 is 1.17 bits per heavy atom. The van der Waals surface area contributed by atoms with Gasteiger partial charge < -0.3 is 25.3 Å². The van der Waals surface area contributed by atoms with Crippen molar-refractivity contribution in [2.24, 2.45) is 11.7 Å². The second-order valence-electron chi connectivity index (χ2n) is 5.80. The van der Waals surface area contributed by atoms with E-state index in [1.807, 2.05) is 12.1 Å². The standard InChI is InChI=1S/C17H26N2O4/c1-21-14-7-5-11(15(22-2)16(14)23-3)8-9-19-17(20)12-4-6-13(18)10-12/h5,7,12-13H,4,6,8-10,18H2,1-3H3,(H,19,20). The average Bonchev–Trinajstić information content (AvgIpc) is 3.00. The molecule has 0 aromatic heterocycles. The van der Waals surface area contributed by atoms with E-state index in [4.69, 9.17) is 19.9 Å². The van der Waals surface area contributed by atoms with Crippen LogP contribution in [0.1, 0.15) is 24.8 Å². The maximum absolute atomic E-state index is 12.1. The first-order valence-corrected chi connectivity index (χ1v) is 7.91. The summed E-state index contributed by atoms with van der Waals surface area (Å²) in [6.45, 7) is 0.552. The highest BCUT2D eigenvalue weighted by atomic mass is 16.5. The first-order chi connectivity index (χ1) is 11.1. The van der Waals surface area contributed by atoms with E-state index in [0.29, 0.717) is 30.2 Å². The molecule has 6 heteroatoms. The van der Waals surface area contributed by atoms with Gasteiger partial charge in [0.25, 0.3) is 0 Å². The summed E-state index contributed by atoms with van der Waals surface area (Å²) >= 11 is 0. The van der Waals surface area contributed by atoms with E-state index in [1.165, 1.54) is 0 Å². The van der Waals surface area contributed by atoms with E-state index in [9.17, 15) is 4.79 Å². The SMILES string of the molecule is COc1ccc(CCNC(=O)C2CCC(N)C2)c(OC)c1OC. The molecule has 23 heavy (non-hydrogen) atoms. The van der Waals surface area contributed by atoms with Gasteiger partial charge in [-0.2, -0.15) is 0 Å². The number of rotatable bonds is 7. The molecular formula is C17H26N2O4. The Hall–Kier alpha value is -1.95. The van der Waals surface area contributed by atoms with Crippen molar-refractivity contribution in [3.63, 3.8) is 0 Å². The summed E-state index contributed by atoms with van der Waals surface area (Å²) in [5.41, 5.74) is 6.82. The fraction of sp³-hybridized carbons (Fsp3) is 0.588. The molecule has 0 radical (unpaired) electrons. The molecule has 6 nitrogen and oxygen atoms in total. The van der Waals surface area contributed by atoms with E-state index in [0.717, 1.165) is 24.8 Å². The van der Waals surface area contributed by atoms with Gasteiger partial charge in [0, 0.05) is 24.1 Å². The summed E-state index contributed by atoms with van der Waals surface area (Å²) in [5.74, 6) is 1.98. The van der Waals surface area contributed by atoms with Crippen molar-refractivity contribution in [1.29, 1.82) is 0 Å². The average molecular weight is 322 g/mol. The molecule has 2 atom stereocenters. The molecule has 0 heterocycles. The second kappa shape index (κ2) is 8.06. The topological polar surface area (TPSA) is 82.8 Å². The summed E-state index contributed by atoms with van der Waals surface area (Å²) in [6, 6.07) is 3.93. The van der Waals surface area contributed by atoms with Crippen molar-refractivity contribution in [1.82, 2.24) is 5.32 Å². The Balaban J connectivity index is 1.96. The van der Waals surface area contributed by atoms with E-state index < -0.39 is 0 Å². The lowest BCUT2D eigenvalue weighted by Crippen LogP contribution is -2.32. The van der Waals surface area contributed by atoms with Crippen molar-refractivity contribution in [2.75, 3.05) is 27.9 Å². The first kappa shape index (κ1) is 17.4. The molecule has 0 bridgehead atoms. The molecule has 1 amide bonds. The molecule has 0 spiro atoms. The number of nitrogens with two attached hydrogens (primary N) is 1. The van der Waals surface area contributed by atoms with Gasteiger partial charge in [0.15, 0.2) is 11.5 Å². The van der Waals surface area contributed by atoms with Gasteiger partial charge in [-0.15, -0.1) is 0 Å². The smallest absolute Gasteiger partial charge is 0.223 e. The van der Waals surface area contributed by atoms with E-state index in [-0.39, 0.29) is 17.9 Å². The molecule has 128 valence electrons. The Kier molecular flexibility index (Phi) is 6.10. The Labute approximate surface area is 137 Å². The third-order valence-corrected chi connectivity index (χ3v) is 4.32. The van der Waals surface area contributed by atoms with Crippen LogP contribution in [0.25, 0.3) is 0 Å². The van der Waals surface area contributed by atoms with Gasteiger partial charge in [-0.3, -0.25) is 4.79 Å². The highest BCUT2D eigenvalue weighted by molar-refractivity contribution is 5.79. The number of ether oxygens (including phenoxy) is 3. The third-order valence-electron chi connectivity index (χ3n) is 4.32. The quantitative estimate of drug-likeness (QED) is 0.795. The lowest BCUT2D eigenvalue weighted by atomic mass is 10.1. The van der Waals surface area contributed by atoms with Gasteiger partial charge in [-0.05, 0) is 31.7 Å².